The van der Waals surface area contributed by atoms with E-state index in [1.807, 2.05) is 31.2 Å². The number of rotatable bonds is 8. The van der Waals surface area contributed by atoms with Gasteiger partial charge >= 0.3 is 5.97 Å². The number of aliphatic carboxylic acids is 1. The van der Waals surface area contributed by atoms with Crippen molar-refractivity contribution in [2.75, 3.05) is 19.8 Å². The smallest absolute Gasteiger partial charge is 0.329 e. The minimum absolute atomic E-state index is 0.129. The van der Waals surface area contributed by atoms with Crippen molar-refractivity contribution in [2.45, 2.75) is 20.4 Å². The number of amides is 1. The van der Waals surface area contributed by atoms with E-state index in [-0.39, 0.29) is 25.7 Å². The summed E-state index contributed by atoms with van der Waals surface area (Å²) >= 11 is 6.18. The lowest BCUT2D eigenvalue weighted by molar-refractivity contribution is -0.142. The Labute approximate surface area is 150 Å². The molecule has 2 N–H and O–H groups in total. The molecule has 0 bridgehead atoms. The van der Waals surface area contributed by atoms with Gasteiger partial charge in [0, 0.05) is 17.3 Å². The molecule has 8 heteroatoms. The van der Waals surface area contributed by atoms with Crippen molar-refractivity contribution in [1.82, 2.24) is 15.1 Å². The SMILES string of the molecule is Cc1nn(Cc2ccccc2Cl)c(C)c1C(=O)NCCOCC(=O)O. The summed E-state index contributed by atoms with van der Waals surface area (Å²) in [5.41, 5.74) is 2.78. The summed E-state index contributed by atoms with van der Waals surface area (Å²) < 4.78 is 6.63. The van der Waals surface area contributed by atoms with Gasteiger partial charge in [-0.1, -0.05) is 29.8 Å². The van der Waals surface area contributed by atoms with Crippen molar-refractivity contribution in [3.63, 3.8) is 0 Å². The number of ether oxygens (including phenoxy) is 1. The van der Waals surface area contributed by atoms with Crippen molar-refractivity contribution in [3.8, 4) is 0 Å². The Balaban J connectivity index is 2.02. The fourth-order valence-corrected chi connectivity index (χ4v) is 2.65. The number of hydrogen-bond acceptors (Lipinski definition) is 4. The fraction of sp³-hybridized carbons (Fsp3) is 0.353. The molecular formula is C17H20ClN3O4. The summed E-state index contributed by atoms with van der Waals surface area (Å²) in [6, 6.07) is 7.49. The minimum atomic E-state index is -1.04. The molecule has 0 radical (unpaired) electrons. The number of hydrogen-bond donors (Lipinski definition) is 2. The molecule has 0 saturated carbocycles. The normalized spacial score (nSPS) is 10.7. The highest BCUT2D eigenvalue weighted by Gasteiger charge is 2.18. The molecule has 0 atom stereocenters. The van der Waals surface area contributed by atoms with Crippen LogP contribution in [0.5, 0.6) is 0 Å². The molecule has 1 aromatic carbocycles. The first-order valence-electron chi connectivity index (χ1n) is 7.75. The third kappa shape index (κ3) is 5.04. The summed E-state index contributed by atoms with van der Waals surface area (Å²) in [6.45, 7) is 4.04. The van der Waals surface area contributed by atoms with Crippen LogP contribution in [0.3, 0.4) is 0 Å². The van der Waals surface area contributed by atoms with Crippen molar-refractivity contribution < 1.29 is 19.4 Å². The minimum Gasteiger partial charge on any atom is -0.480 e. The van der Waals surface area contributed by atoms with Gasteiger partial charge in [0.15, 0.2) is 0 Å². The number of halogens is 1. The maximum atomic E-state index is 12.4. The number of carboxylic acids is 1. The van der Waals surface area contributed by atoms with Gasteiger partial charge in [-0.15, -0.1) is 0 Å². The molecule has 2 aromatic rings. The van der Waals surface area contributed by atoms with Gasteiger partial charge in [-0.3, -0.25) is 9.48 Å². The maximum absolute atomic E-state index is 12.4. The first kappa shape index (κ1) is 19.0. The lowest BCUT2D eigenvalue weighted by Gasteiger charge is -2.08. The van der Waals surface area contributed by atoms with Crippen LogP contribution in [-0.4, -0.2) is 46.5 Å². The predicted octanol–water partition coefficient (Wildman–Crippen LogP) is 2.03. The van der Waals surface area contributed by atoms with Crippen LogP contribution in [0.2, 0.25) is 5.02 Å². The highest BCUT2D eigenvalue weighted by Crippen LogP contribution is 2.19. The summed E-state index contributed by atoms with van der Waals surface area (Å²) in [5, 5.41) is 16.3. The molecule has 0 aliphatic rings. The van der Waals surface area contributed by atoms with Crippen molar-refractivity contribution in [1.29, 1.82) is 0 Å². The molecule has 2 rings (SSSR count). The lowest BCUT2D eigenvalue weighted by atomic mass is 10.1. The Morgan fingerprint density at radius 1 is 1.32 bits per heavy atom. The van der Waals surface area contributed by atoms with E-state index in [0.717, 1.165) is 11.3 Å². The number of carbonyl (C=O) groups is 2. The summed E-state index contributed by atoms with van der Waals surface area (Å²) in [7, 11) is 0. The van der Waals surface area contributed by atoms with Gasteiger partial charge in [0.2, 0.25) is 0 Å². The zero-order valence-corrected chi connectivity index (χ0v) is 14.8. The third-order valence-corrected chi connectivity index (χ3v) is 4.01. The molecule has 0 unspecified atom stereocenters. The van der Waals surface area contributed by atoms with Gasteiger partial charge in [-0.2, -0.15) is 5.10 Å². The van der Waals surface area contributed by atoms with E-state index in [1.54, 1.807) is 11.6 Å². The van der Waals surface area contributed by atoms with Crippen LogP contribution in [0.4, 0.5) is 0 Å². The molecule has 7 nitrogen and oxygen atoms in total. The molecule has 0 fully saturated rings. The van der Waals surface area contributed by atoms with E-state index >= 15 is 0 Å². The Bertz CT molecular complexity index is 773. The summed E-state index contributed by atoms with van der Waals surface area (Å²) in [6.07, 6.45) is 0. The predicted molar refractivity (Wildman–Crippen MR) is 93.0 cm³/mol. The van der Waals surface area contributed by atoms with Crippen molar-refractivity contribution >= 4 is 23.5 Å². The fourth-order valence-electron chi connectivity index (χ4n) is 2.45. The lowest BCUT2D eigenvalue weighted by Crippen LogP contribution is -2.28. The molecule has 1 heterocycles. The van der Waals surface area contributed by atoms with Gasteiger partial charge in [-0.25, -0.2) is 4.79 Å². The average molecular weight is 366 g/mol. The van der Waals surface area contributed by atoms with Gasteiger partial charge in [0.1, 0.15) is 6.61 Å². The Morgan fingerprint density at radius 2 is 2.04 bits per heavy atom. The molecule has 0 saturated heterocycles. The molecule has 0 spiro atoms. The van der Waals surface area contributed by atoms with Crippen LogP contribution in [0.1, 0.15) is 27.3 Å². The monoisotopic (exact) mass is 365 g/mol. The second-order valence-electron chi connectivity index (χ2n) is 5.50. The zero-order chi connectivity index (χ0) is 18.4. The van der Waals surface area contributed by atoms with Crippen LogP contribution in [-0.2, 0) is 16.1 Å². The molecule has 0 aliphatic carbocycles. The molecule has 134 valence electrons. The first-order chi connectivity index (χ1) is 11.9. The van der Waals surface area contributed by atoms with E-state index in [9.17, 15) is 9.59 Å². The van der Waals surface area contributed by atoms with Crippen molar-refractivity contribution in [2.24, 2.45) is 0 Å². The number of benzene rings is 1. The molecule has 1 amide bonds. The highest BCUT2D eigenvalue weighted by atomic mass is 35.5. The molecule has 1 aromatic heterocycles. The first-order valence-corrected chi connectivity index (χ1v) is 8.13. The topological polar surface area (TPSA) is 93.5 Å². The molecule has 0 aliphatic heterocycles. The average Bonchev–Trinajstić information content (AvgIpc) is 2.83. The van der Waals surface area contributed by atoms with Crippen LogP contribution >= 0.6 is 11.6 Å². The van der Waals surface area contributed by atoms with E-state index in [0.29, 0.717) is 22.8 Å². The number of carbonyl (C=O) groups excluding carboxylic acids is 1. The van der Waals surface area contributed by atoms with E-state index in [1.165, 1.54) is 0 Å². The van der Waals surface area contributed by atoms with Gasteiger partial charge in [-0.05, 0) is 25.5 Å². The van der Waals surface area contributed by atoms with Gasteiger partial charge in [0.05, 0.1) is 24.4 Å². The second-order valence-corrected chi connectivity index (χ2v) is 5.90. The summed E-state index contributed by atoms with van der Waals surface area (Å²) in [4.78, 5) is 22.7. The Hall–Kier alpha value is -2.38. The Morgan fingerprint density at radius 3 is 2.72 bits per heavy atom. The number of aromatic nitrogens is 2. The number of aryl methyl sites for hydroxylation is 1. The van der Waals surface area contributed by atoms with Crippen molar-refractivity contribution in [3.05, 3.63) is 51.8 Å². The molecule has 25 heavy (non-hydrogen) atoms. The van der Waals surface area contributed by atoms with Crippen LogP contribution in [0, 0.1) is 13.8 Å². The second kappa shape index (κ2) is 8.64. The Kier molecular flexibility index (Phi) is 6.55. The maximum Gasteiger partial charge on any atom is 0.329 e. The number of carboxylic acid groups (broad SMARTS) is 1. The van der Waals surface area contributed by atoms with E-state index < -0.39 is 5.97 Å². The number of nitrogens with zero attached hydrogens (tertiary/aromatic N) is 2. The third-order valence-electron chi connectivity index (χ3n) is 3.64. The molecular weight excluding hydrogens is 346 g/mol. The van der Waals surface area contributed by atoms with E-state index in [2.05, 4.69) is 10.4 Å². The van der Waals surface area contributed by atoms with Gasteiger partial charge in [0.25, 0.3) is 5.91 Å². The largest absolute Gasteiger partial charge is 0.480 e. The number of nitrogens with one attached hydrogen (secondary N) is 1. The van der Waals surface area contributed by atoms with Crippen LogP contribution in [0.25, 0.3) is 0 Å². The highest BCUT2D eigenvalue weighted by molar-refractivity contribution is 6.31. The van der Waals surface area contributed by atoms with E-state index in [4.69, 9.17) is 21.4 Å². The van der Waals surface area contributed by atoms with Gasteiger partial charge < -0.3 is 15.2 Å². The van der Waals surface area contributed by atoms with Crippen LogP contribution < -0.4 is 5.32 Å². The quantitative estimate of drug-likeness (QED) is 0.698. The zero-order valence-electron chi connectivity index (χ0n) is 14.1. The van der Waals surface area contributed by atoms with Crippen LogP contribution in [0.15, 0.2) is 24.3 Å². The standard InChI is InChI=1S/C17H20ClN3O4/c1-11-16(17(24)19-7-8-25-10-15(22)23)12(2)21(20-11)9-13-5-3-4-6-14(13)18/h3-6H,7-10H2,1-2H3,(H,19,24)(H,22,23). The summed E-state index contributed by atoms with van der Waals surface area (Å²) in [5.74, 6) is -1.31.